The Morgan fingerprint density at radius 2 is 2.25 bits per heavy atom. The summed E-state index contributed by atoms with van der Waals surface area (Å²) >= 11 is 3.30. The molecule has 5 nitrogen and oxygen atoms in total. The molecule has 0 aliphatic rings. The smallest absolute Gasteiger partial charge is 0.281 e. The van der Waals surface area contributed by atoms with E-state index in [1.807, 2.05) is 6.92 Å². The van der Waals surface area contributed by atoms with E-state index in [4.69, 9.17) is 0 Å². The first-order chi connectivity index (χ1) is 7.59. The minimum Gasteiger partial charge on any atom is -0.342 e. The predicted octanol–water partition coefficient (Wildman–Crippen LogP) is 3.06. The topological polar surface area (TPSA) is 71.8 Å². The van der Waals surface area contributed by atoms with Gasteiger partial charge in [-0.3, -0.25) is 10.1 Å². The van der Waals surface area contributed by atoms with Crippen LogP contribution in [0.25, 0.3) is 11.4 Å². The highest BCUT2D eigenvalue weighted by molar-refractivity contribution is 9.10. The fourth-order valence-electron chi connectivity index (χ4n) is 1.44. The first kappa shape index (κ1) is 10.8. The molecular formula is C10H8BrN3O2. The SMILES string of the molecule is Cc1cnc(-c2c(Br)cccc2[N+](=O)[O-])[nH]1. The Morgan fingerprint density at radius 3 is 2.81 bits per heavy atom. The van der Waals surface area contributed by atoms with E-state index in [9.17, 15) is 10.1 Å². The highest BCUT2D eigenvalue weighted by Crippen LogP contribution is 2.34. The molecule has 0 aliphatic carbocycles. The van der Waals surface area contributed by atoms with Gasteiger partial charge in [0.25, 0.3) is 5.69 Å². The van der Waals surface area contributed by atoms with Crippen molar-refractivity contribution in [3.63, 3.8) is 0 Å². The summed E-state index contributed by atoms with van der Waals surface area (Å²) in [6.07, 6.45) is 1.64. The number of hydrogen-bond acceptors (Lipinski definition) is 3. The Kier molecular flexibility index (Phi) is 2.74. The quantitative estimate of drug-likeness (QED) is 0.679. The molecule has 2 aromatic rings. The van der Waals surface area contributed by atoms with E-state index >= 15 is 0 Å². The van der Waals surface area contributed by atoms with Gasteiger partial charge in [-0.2, -0.15) is 0 Å². The molecule has 0 atom stereocenters. The third-order valence-corrected chi connectivity index (χ3v) is 2.79. The van der Waals surface area contributed by atoms with Crippen LogP contribution >= 0.6 is 15.9 Å². The Labute approximate surface area is 99.8 Å². The fourth-order valence-corrected chi connectivity index (χ4v) is 1.98. The Balaban J connectivity index is 2.67. The lowest BCUT2D eigenvalue weighted by atomic mass is 10.2. The van der Waals surface area contributed by atoms with Crippen molar-refractivity contribution in [1.29, 1.82) is 0 Å². The van der Waals surface area contributed by atoms with Gasteiger partial charge < -0.3 is 4.98 Å². The fraction of sp³-hybridized carbons (Fsp3) is 0.100. The van der Waals surface area contributed by atoms with Crippen molar-refractivity contribution >= 4 is 21.6 Å². The van der Waals surface area contributed by atoms with Crippen LogP contribution in [-0.2, 0) is 0 Å². The number of hydrogen-bond donors (Lipinski definition) is 1. The van der Waals surface area contributed by atoms with Crippen molar-refractivity contribution in [3.05, 3.63) is 44.7 Å². The number of aryl methyl sites for hydroxylation is 1. The number of aromatic nitrogens is 2. The van der Waals surface area contributed by atoms with Gasteiger partial charge >= 0.3 is 0 Å². The van der Waals surface area contributed by atoms with Crippen molar-refractivity contribution in [1.82, 2.24) is 9.97 Å². The van der Waals surface area contributed by atoms with Crippen molar-refractivity contribution in [2.45, 2.75) is 6.92 Å². The first-order valence-electron chi connectivity index (χ1n) is 4.54. The molecule has 1 N–H and O–H groups in total. The summed E-state index contributed by atoms with van der Waals surface area (Å²) in [5.41, 5.74) is 1.37. The molecule has 0 saturated heterocycles. The second kappa shape index (κ2) is 4.05. The van der Waals surface area contributed by atoms with Crippen molar-refractivity contribution in [2.24, 2.45) is 0 Å². The van der Waals surface area contributed by atoms with Crippen LogP contribution in [-0.4, -0.2) is 14.9 Å². The standard InChI is InChI=1S/C10H8BrN3O2/c1-6-5-12-10(13-6)9-7(11)3-2-4-8(9)14(15)16/h2-5H,1H3,(H,12,13). The lowest BCUT2D eigenvalue weighted by Crippen LogP contribution is -1.94. The summed E-state index contributed by atoms with van der Waals surface area (Å²) in [4.78, 5) is 17.6. The molecular weight excluding hydrogens is 274 g/mol. The molecule has 0 aliphatic heterocycles. The van der Waals surface area contributed by atoms with E-state index in [1.165, 1.54) is 6.07 Å². The molecule has 0 unspecified atom stereocenters. The lowest BCUT2D eigenvalue weighted by molar-refractivity contribution is -0.384. The van der Waals surface area contributed by atoms with Crippen LogP contribution in [0.4, 0.5) is 5.69 Å². The van der Waals surface area contributed by atoms with Crippen molar-refractivity contribution in [2.75, 3.05) is 0 Å². The third kappa shape index (κ3) is 1.83. The minimum absolute atomic E-state index is 0.0312. The number of H-pyrrole nitrogens is 1. The molecule has 0 bridgehead atoms. The summed E-state index contributed by atoms with van der Waals surface area (Å²) in [5, 5.41) is 10.9. The number of nitrogens with zero attached hydrogens (tertiary/aromatic N) is 2. The van der Waals surface area contributed by atoms with Crippen LogP contribution in [0.3, 0.4) is 0 Å². The number of imidazole rings is 1. The highest BCUT2D eigenvalue weighted by atomic mass is 79.9. The molecule has 6 heteroatoms. The van der Waals surface area contributed by atoms with Gasteiger partial charge in [0, 0.05) is 22.4 Å². The maximum absolute atomic E-state index is 10.9. The number of nitro groups is 1. The number of nitrogens with one attached hydrogen (secondary N) is 1. The van der Waals surface area contributed by atoms with Crippen molar-refractivity contribution in [3.8, 4) is 11.4 Å². The van der Waals surface area contributed by atoms with Crippen LogP contribution in [0.2, 0.25) is 0 Å². The molecule has 1 heterocycles. The molecule has 0 spiro atoms. The van der Waals surface area contributed by atoms with Gasteiger partial charge in [0.1, 0.15) is 11.4 Å². The summed E-state index contributed by atoms with van der Waals surface area (Å²) in [5.74, 6) is 0.497. The average molecular weight is 282 g/mol. The zero-order chi connectivity index (χ0) is 11.7. The van der Waals surface area contributed by atoms with Gasteiger partial charge in [-0.25, -0.2) is 4.98 Å². The van der Waals surface area contributed by atoms with Crippen LogP contribution in [0.1, 0.15) is 5.69 Å². The molecule has 16 heavy (non-hydrogen) atoms. The lowest BCUT2D eigenvalue weighted by Gasteiger charge is -2.02. The highest BCUT2D eigenvalue weighted by Gasteiger charge is 2.19. The average Bonchev–Trinajstić information content (AvgIpc) is 2.64. The molecule has 0 amide bonds. The normalized spacial score (nSPS) is 10.4. The zero-order valence-electron chi connectivity index (χ0n) is 8.40. The number of rotatable bonds is 2. The predicted molar refractivity (Wildman–Crippen MR) is 63.1 cm³/mol. The summed E-state index contributed by atoms with van der Waals surface area (Å²) < 4.78 is 0.649. The summed E-state index contributed by atoms with van der Waals surface area (Å²) in [6.45, 7) is 1.85. The molecule has 0 saturated carbocycles. The van der Waals surface area contributed by atoms with Crippen LogP contribution in [0.15, 0.2) is 28.9 Å². The van der Waals surface area contributed by atoms with Crippen LogP contribution in [0.5, 0.6) is 0 Å². The Morgan fingerprint density at radius 1 is 1.50 bits per heavy atom. The van der Waals surface area contributed by atoms with Crippen LogP contribution in [0, 0.1) is 17.0 Å². The van der Waals surface area contributed by atoms with Gasteiger partial charge in [-0.1, -0.05) is 6.07 Å². The van der Waals surface area contributed by atoms with E-state index in [-0.39, 0.29) is 5.69 Å². The van der Waals surface area contributed by atoms with Gasteiger partial charge in [-0.05, 0) is 28.9 Å². The third-order valence-electron chi connectivity index (χ3n) is 2.13. The second-order valence-corrected chi connectivity index (χ2v) is 4.16. The van der Waals surface area contributed by atoms with Crippen molar-refractivity contribution < 1.29 is 4.92 Å². The number of aromatic amines is 1. The molecule has 82 valence electrons. The molecule has 2 rings (SSSR count). The Hall–Kier alpha value is -1.69. The van der Waals surface area contributed by atoms with Gasteiger partial charge in [0.05, 0.1) is 4.92 Å². The first-order valence-corrected chi connectivity index (χ1v) is 5.34. The Bertz CT molecular complexity index is 551. The largest absolute Gasteiger partial charge is 0.342 e. The van der Waals surface area contributed by atoms with E-state index in [1.54, 1.807) is 18.3 Å². The molecule has 1 aromatic carbocycles. The molecule has 1 aromatic heterocycles. The minimum atomic E-state index is -0.419. The summed E-state index contributed by atoms with van der Waals surface area (Å²) in [6, 6.07) is 4.83. The molecule has 0 radical (unpaired) electrons. The van der Waals surface area contributed by atoms with Gasteiger partial charge in [-0.15, -0.1) is 0 Å². The maximum atomic E-state index is 10.9. The van der Waals surface area contributed by atoms with Gasteiger partial charge in [0.2, 0.25) is 0 Å². The van der Waals surface area contributed by atoms with Gasteiger partial charge in [0.15, 0.2) is 0 Å². The molecule has 0 fully saturated rings. The monoisotopic (exact) mass is 281 g/mol. The summed E-state index contributed by atoms with van der Waals surface area (Å²) in [7, 11) is 0. The number of nitro benzene ring substituents is 1. The zero-order valence-corrected chi connectivity index (χ0v) is 9.98. The van der Waals surface area contributed by atoms with Crippen LogP contribution < -0.4 is 0 Å². The second-order valence-electron chi connectivity index (χ2n) is 3.31. The maximum Gasteiger partial charge on any atom is 0.281 e. The van der Waals surface area contributed by atoms with E-state index in [0.717, 1.165) is 5.69 Å². The van der Waals surface area contributed by atoms with E-state index < -0.39 is 4.92 Å². The van der Waals surface area contributed by atoms with E-state index in [2.05, 4.69) is 25.9 Å². The number of benzene rings is 1. The number of halogens is 1. The van der Waals surface area contributed by atoms with E-state index in [0.29, 0.717) is 15.9 Å².